The summed E-state index contributed by atoms with van der Waals surface area (Å²) in [7, 11) is 0. The van der Waals surface area contributed by atoms with E-state index < -0.39 is 0 Å². The van der Waals surface area contributed by atoms with Crippen LogP contribution >= 0.6 is 0 Å². The number of rotatable bonds is 3. The van der Waals surface area contributed by atoms with Crippen molar-refractivity contribution < 1.29 is 13.6 Å². The van der Waals surface area contributed by atoms with E-state index in [-0.39, 0.29) is 18.1 Å². The SMILES string of the molecule is Cc1ccc(C)c(NC(=O)Cc2coc3ccc(F)cc23)c1. The van der Waals surface area contributed by atoms with Gasteiger partial charge in [0.2, 0.25) is 5.91 Å². The maximum Gasteiger partial charge on any atom is 0.228 e. The highest BCUT2D eigenvalue weighted by atomic mass is 19.1. The average molecular weight is 297 g/mol. The van der Waals surface area contributed by atoms with Crippen LogP contribution in [0.3, 0.4) is 0 Å². The lowest BCUT2D eigenvalue weighted by Crippen LogP contribution is -2.15. The first-order valence-electron chi connectivity index (χ1n) is 7.05. The predicted octanol–water partition coefficient (Wildman–Crippen LogP) is 4.37. The highest BCUT2D eigenvalue weighted by Crippen LogP contribution is 2.23. The van der Waals surface area contributed by atoms with E-state index in [0.717, 1.165) is 16.8 Å². The van der Waals surface area contributed by atoms with Crippen molar-refractivity contribution in [2.24, 2.45) is 0 Å². The van der Waals surface area contributed by atoms with Crippen LogP contribution in [-0.4, -0.2) is 5.91 Å². The predicted molar refractivity (Wildman–Crippen MR) is 84.4 cm³/mol. The van der Waals surface area contributed by atoms with Gasteiger partial charge in [-0.05, 0) is 49.2 Å². The topological polar surface area (TPSA) is 42.2 Å². The van der Waals surface area contributed by atoms with Crippen LogP contribution in [0.5, 0.6) is 0 Å². The van der Waals surface area contributed by atoms with Gasteiger partial charge in [0.1, 0.15) is 11.4 Å². The fourth-order valence-corrected chi connectivity index (χ4v) is 2.43. The van der Waals surface area contributed by atoms with Crippen molar-refractivity contribution >= 4 is 22.6 Å². The van der Waals surface area contributed by atoms with Gasteiger partial charge in [-0.1, -0.05) is 12.1 Å². The van der Waals surface area contributed by atoms with Crippen LogP contribution in [0.4, 0.5) is 10.1 Å². The van der Waals surface area contributed by atoms with E-state index >= 15 is 0 Å². The molecule has 1 amide bonds. The molecule has 2 aromatic carbocycles. The highest BCUT2D eigenvalue weighted by molar-refractivity contribution is 5.95. The fraction of sp³-hybridized carbons (Fsp3) is 0.167. The lowest BCUT2D eigenvalue weighted by Gasteiger charge is -2.09. The third-order valence-electron chi connectivity index (χ3n) is 3.63. The molecule has 0 aliphatic heterocycles. The van der Waals surface area contributed by atoms with Crippen LogP contribution in [0, 0.1) is 19.7 Å². The van der Waals surface area contributed by atoms with Crippen LogP contribution in [-0.2, 0) is 11.2 Å². The molecule has 0 saturated heterocycles. The van der Waals surface area contributed by atoms with Gasteiger partial charge in [-0.3, -0.25) is 4.79 Å². The number of benzene rings is 2. The van der Waals surface area contributed by atoms with E-state index in [1.807, 2.05) is 32.0 Å². The minimum Gasteiger partial charge on any atom is -0.464 e. The van der Waals surface area contributed by atoms with Crippen LogP contribution in [0.2, 0.25) is 0 Å². The Morgan fingerprint density at radius 1 is 1.18 bits per heavy atom. The van der Waals surface area contributed by atoms with Crippen LogP contribution in [0.1, 0.15) is 16.7 Å². The largest absolute Gasteiger partial charge is 0.464 e. The number of hydrogen-bond acceptors (Lipinski definition) is 2. The summed E-state index contributed by atoms with van der Waals surface area (Å²) in [4.78, 5) is 12.2. The Morgan fingerprint density at radius 2 is 2.00 bits per heavy atom. The number of anilines is 1. The summed E-state index contributed by atoms with van der Waals surface area (Å²) in [5, 5.41) is 3.53. The number of carbonyl (C=O) groups excluding carboxylic acids is 1. The molecule has 0 unspecified atom stereocenters. The van der Waals surface area contributed by atoms with Crippen LogP contribution in [0.15, 0.2) is 47.1 Å². The number of amides is 1. The molecule has 0 spiro atoms. The summed E-state index contributed by atoms with van der Waals surface area (Å²) < 4.78 is 18.7. The minimum absolute atomic E-state index is 0.143. The van der Waals surface area contributed by atoms with Crippen LogP contribution < -0.4 is 5.32 Å². The van der Waals surface area contributed by atoms with Gasteiger partial charge in [-0.15, -0.1) is 0 Å². The van der Waals surface area contributed by atoms with Crippen molar-refractivity contribution in [3.63, 3.8) is 0 Å². The molecular weight excluding hydrogens is 281 g/mol. The maximum absolute atomic E-state index is 13.3. The molecule has 112 valence electrons. The first kappa shape index (κ1) is 14.3. The second-order valence-corrected chi connectivity index (χ2v) is 5.44. The van der Waals surface area contributed by atoms with Crippen molar-refractivity contribution in [3.8, 4) is 0 Å². The van der Waals surface area contributed by atoms with Gasteiger partial charge in [0.25, 0.3) is 0 Å². The van der Waals surface area contributed by atoms with E-state index in [0.29, 0.717) is 16.5 Å². The Morgan fingerprint density at radius 3 is 2.82 bits per heavy atom. The summed E-state index contributed by atoms with van der Waals surface area (Å²) in [6, 6.07) is 10.2. The summed E-state index contributed by atoms with van der Waals surface area (Å²) in [6.07, 6.45) is 1.65. The van der Waals surface area contributed by atoms with Crippen molar-refractivity contribution in [2.45, 2.75) is 20.3 Å². The van der Waals surface area contributed by atoms with Crippen LogP contribution in [0.25, 0.3) is 11.0 Å². The van der Waals surface area contributed by atoms with Crippen molar-refractivity contribution in [2.75, 3.05) is 5.32 Å². The molecule has 3 rings (SSSR count). The monoisotopic (exact) mass is 297 g/mol. The van der Waals surface area contributed by atoms with E-state index in [4.69, 9.17) is 4.42 Å². The van der Waals surface area contributed by atoms with E-state index in [1.54, 1.807) is 6.07 Å². The number of furan rings is 1. The zero-order valence-electron chi connectivity index (χ0n) is 12.4. The van der Waals surface area contributed by atoms with Crippen molar-refractivity contribution in [1.82, 2.24) is 0 Å². The first-order chi connectivity index (χ1) is 10.5. The summed E-state index contributed by atoms with van der Waals surface area (Å²) in [5.74, 6) is -0.495. The maximum atomic E-state index is 13.3. The molecule has 0 atom stereocenters. The normalized spacial score (nSPS) is 10.9. The van der Waals surface area contributed by atoms with E-state index in [9.17, 15) is 9.18 Å². The van der Waals surface area contributed by atoms with Gasteiger partial charge in [0.05, 0.1) is 12.7 Å². The molecule has 0 aliphatic rings. The highest BCUT2D eigenvalue weighted by Gasteiger charge is 2.12. The Bertz CT molecular complexity index is 851. The quantitative estimate of drug-likeness (QED) is 0.780. The molecule has 1 N–H and O–H groups in total. The molecule has 0 bridgehead atoms. The number of carbonyl (C=O) groups is 1. The van der Waals surface area contributed by atoms with Gasteiger partial charge in [-0.2, -0.15) is 0 Å². The lowest BCUT2D eigenvalue weighted by atomic mass is 10.1. The smallest absolute Gasteiger partial charge is 0.228 e. The van der Waals surface area contributed by atoms with Gasteiger partial charge >= 0.3 is 0 Å². The standard InChI is InChI=1S/C18H16FNO2/c1-11-3-4-12(2)16(7-11)20-18(21)8-13-10-22-17-6-5-14(19)9-15(13)17/h3-7,9-10H,8H2,1-2H3,(H,20,21). The summed E-state index contributed by atoms with van der Waals surface area (Å²) in [6.45, 7) is 3.92. The number of halogens is 1. The van der Waals surface area contributed by atoms with Crippen molar-refractivity contribution in [1.29, 1.82) is 0 Å². The second kappa shape index (κ2) is 5.64. The van der Waals surface area contributed by atoms with Gasteiger partial charge in [0.15, 0.2) is 0 Å². The Balaban J connectivity index is 1.81. The number of nitrogens with one attached hydrogen (secondary N) is 1. The van der Waals surface area contributed by atoms with E-state index in [2.05, 4.69) is 5.32 Å². The molecule has 3 nitrogen and oxygen atoms in total. The number of hydrogen-bond donors (Lipinski definition) is 1. The van der Waals surface area contributed by atoms with Gasteiger partial charge in [-0.25, -0.2) is 4.39 Å². The Hall–Kier alpha value is -2.62. The molecule has 22 heavy (non-hydrogen) atoms. The third-order valence-corrected chi connectivity index (χ3v) is 3.63. The van der Waals surface area contributed by atoms with Gasteiger partial charge in [0, 0.05) is 16.6 Å². The third kappa shape index (κ3) is 2.86. The fourth-order valence-electron chi connectivity index (χ4n) is 2.43. The molecule has 3 aromatic rings. The molecule has 0 radical (unpaired) electrons. The zero-order chi connectivity index (χ0) is 15.7. The van der Waals surface area contributed by atoms with E-state index in [1.165, 1.54) is 18.4 Å². The lowest BCUT2D eigenvalue weighted by molar-refractivity contribution is -0.115. The molecule has 0 saturated carbocycles. The minimum atomic E-state index is -0.343. The molecule has 0 fully saturated rings. The second-order valence-electron chi connectivity index (χ2n) is 5.44. The number of fused-ring (bicyclic) bond motifs is 1. The zero-order valence-corrected chi connectivity index (χ0v) is 12.4. The Labute approximate surface area is 127 Å². The molecule has 1 heterocycles. The molecule has 4 heteroatoms. The summed E-state index contributed by atoms with van der Waals surface area (Å²) in [5.41, 5.74) is 4.14. The molecule has 0 aliphatic carbocycles. The van der Waals surface area contributed by atoms with Crippen molar-refractivity contribution in [3.05, 3.63) is 65.2 Å². The van der Waals surface area contributed by atoms with Gasteiger partial charge < -0.3 is 9.73 Å². The molecular formula is C18H16FNO2. The summed E-state index contributed by atoms with van der Waals surface area (Å²) >= 11 is 0. The average Bonchev–Trinajstić information content (AvgIpc) is 2.85. The molecule has 1 aromatic heterocycles. The number of aryl methyl sites for hydroxylation is 2. The first-order valence-corrected chi connectivity index (χ1v) is 7.05. The Kier molecular flexibility index (Phi) is 3.67.